The van der Waals surface area contributed by atoms with Crippen LogP contribution in [0.3, 0.4) is 0 Å². The third-order valence-electron chi connectivity index (χ3n) is 6.08. The van der Waals surface area contributed by atoms with E-state index in [0.717, 1.165) is 49.7 Å². The van der Waals surface area contributed by atoms with Crippen LogP contribution in [0.2, 0.25) is 0 Å². The minimum atomic E-state index is -4.27. The van der Waals surface area contributed by atoms with Crippen molar-refractivity contribution in [3.63, 3.8) is 0 Å². The molecule has 2 aromatic rings. The summed E-state index contributed by atoms with van der Waals surface area (Å²) in [4.78, 5) is 20.3. The van der Waals surface area contributed by atoms with Crippen molar-refractivity contribution in [3.05, 3.63) is 59.7 Å². The van der Waals surface area contributed by atoms with Gasteiger partial charge < -0.3 is 28.9 Å². The molecular weight excluding hydrogens is 725 g/mol. The van der Waals surface area contributed by atoms with E-state index in [-0.39, 0.29) is 63.4 Å². The molecule has 2 unspecified atom stereocenters. The fourth-order valence-corrected chi connectivity index (χ4v) is 4.23. The quantitative estimate of drug-likeness (QED) is 0.288. The summed E-state index contributed by atoms with van der Waals surface area (Å²) < 4.78 is 62.3. The maximum atomic E-state index is 10.4. The van der Waals surface area contributed by atoms with E-state index >= 15 is 0 Å². The Morgan fingerprint density at radius 1 is 0.605 bits per heavy atom. The zero-order valence-corrected chi connectivity index (χ0v) is 30.6. The Hall–Kier alpha value is -1.42. The molecule has 0 heterocycles. The summed E-state index contributed by atoms with van der Waals surface area (Å²) in [7, 11) is -8.54. The molecule has 2 rings (SSSR count). The average molecular weight is 769 g/mol. The van der Waals surface area contributed by atoms with Crippen LogP contribution in [0.25, 0.3) is 0 Å². The topological polar surface area (TPSA) is 195 Å². The number of aliphatic carboxylic acids is 2. The molecule has 2 aromatic carbocycles. The van der Waals surface area contributed by atoms with Gasteiger partial charge in [0.15, 0.2) is 0 Å². The predicted octanol–water partition coefficient (Wildman–Crippen LogP) is 3.70. The van der Waals surface area contributed by atoms with Crippen LogP contribution in [-0.2, 0) is 29.8 Å². The van der Waals surface area contributed by atoms with Crippen LogP contribution in [0.1, 0.15) is 90.2 Å². The van der Waals surface area contributed by atoms with Crippen LogP contribution < -0.4 is 10.2 Å². The van der Waals surface area contributed by atoms with Gasteiger partial charge in [-0.15, -0.1) is 0 Å². The number of carboxylic acids is 2. The van der Waals surface area contributed by atoms with Crippen molar-refractivity contribution >= 4 is 32.2 Å². The SMILES string of the molecule is CCCCC(CC)C(=O)[O-].CCCCC(CC)C(=O)[O-].Cc1ccc(S(=O)(=O)[O-])cc1.Cc1ccc(S(=O)(=O)[O-])cc1.[Ce+4]. The smallest absolute Gasteiger partial charge is 0.744 e. The molecule has 0 aliphatic rings. The molecule has 0 aromatic heterocycles. The molecule has 0 bridgehead atoms. The minimum absolute atomic E-state index is 0. The fraction of sp³-hybridized carbons (Fsp3) is 0.533. The Bertz CT molecular complexity index is 1150. The summed E-state index contributed by atoms with van der Waals surface area (Å²) in [6.45, 7) is 11.5. The van der Waals surface area contributed by atoms with E-state index in [1.54, 1.807) is 24.3 Å². The summed E-state index contributed by atoms with van der Waals surface area (Å²) in [5, 5.41) is 20.7. The molecule has 0 spiro atoms. The Balaban J connectivity index is -0.000000493. The summed E-state index contributed by atoms with van der Waals surface area (Å²) in [5.74, 6) is -2.23. The van der Waals surface area contributed by atoms with Crippen LogP contribution >= 0.6 is 0 Å². The van der Waals surface area contributed by atoms with E-state index in [9.17, 15) is 45.7 Å². The first kappa shape index (κ1) is 46.0. The van der Waals surface area contributed by atoms with Crippen molar-refractivity contribution in [2.75, 3.05) is 0 Å². The molecule has 0 saturated heterocycles. The summed E-state index contributed by atoms with van der Waals surface area (Å²) >= 11 is 0. The van der Waals surface area contributed by atoms with Crippen LogP contribution in [0.4, 0.5) is 0 Å². The average Bonchev–Trinajstić information content (AvgIpc) is 2.90. The van der Waals surface area contributed by atoms with Gasteiger partial charge in [0.2, 0.25) is 0 Å². The number of hydrogen-bond acceptors (Lipinski definition) is 10. The first-order chi connectivity index (χ1) is 19.4. The van der Waals surface area contributed by atoms with Gasteiger partial charge in [0.05, 0.1) is 9.79 Å². The third-order valence-corrected chi connectivity index (χ3v) is 7.78. The molecule has 10 nitrogen and oxygen atoms in total. The summed E-state index contributed by atoms with van der Waals surface area (Å²) in [6, 6.07) is 11.6. The zero-order chi connectivity index (χ0) is 32.9. The molecular formula is C30H44CeO10S2. The molecule has 13 heteroatoms. The number of rotatable bonds is 12. The largest absolute Gasteiger partial charge is 4.00 e. The Morgan fingerprint density at radius 3 is 1.02 bits per heavy atom. The van der Waals surface area contributed by atoms with Gasteiger partial charge in [0, 0.05) is 11.9 Å². The number of benzene rings is 2. The third kappa shape index (κ3) is 23.6. The predicted molar refractivity (Wildman–Crippen MR) is 155 cm³/mol. The molecule has 0 fully saturated rings. The van der Waals surface area contributed by atoms with E-state index < -0.39 is 32.2 Å². The van der Waals surface area contributed by atoms with Gasteiger partial charge in [-0.1, -0.05) is 88.8 Å². The molecule has 43 heavy (non-hydrogen) atoms. The first-order valence-electron chi connectivity index (χ1n) is 13.9. The van der Waals surface area contributed by atoms with Gasteiger partial charge in [0.25, 0.3) is 0 Å². The maximum absolute atomic E-state index is 10.4. The van der Waals surface area contributed by atoms with Crippen LogP contribution in [0.15, 0.2) is 58.3 Å². The van der Waals surface area contributed by atoms with Crippen molar-refractivity contribution < 1.29 is 87.5 Å². The minimum Gasteiger partial charge on any atom is -0.744 e. The second-order valence-corrected chi connectivity index (χ2v) is 12.4. The van der Waals surface area contributed by atoms with Gasteiger partial charge in [-0.2, -0.15) is 0 Å². The molecule has 0 radical (unpaired) electrons. The van der Waals surface area contributed by atoms with Gasteiger partial charge in [0.1, 0.15) is 20.2 Å². The van der Waals surface area contributed by atoms with Crippen molar-refractivity contribution in [1.82, 2.24) is 0 Å². The van der Waals surface area contributed by atoms with Crippen molar-refractivity contribution in [2.24, 2.45) is 11.8 Å². The van der Waals surface area contributed by atoms with Crippen molar-refractivity contribution in [1.29, 1.82) is 0 Å². The van der Waals surface area contributed by atoms with Crippen molar-refractivity contribution in [2.45, 2.75) is 103 Å². The second kappa shape index (κ2) is 24.8. The standard InChI is InChI=1S/2C8H16O2.2C7H8O3S.Ce/c2*1-3-5-6-7(4-2)8(9)10;2*1-6-2-4-7(5-3-6)11(8,9)10;/h2*7H,3-6H2,1-2H3,(H,9,10);2*2-5H,1H3,(H,8,9,10);/q;;;;+4/p-4. The number of carbonyl (C=O) groups excluding carboxylic acids is 2. The molecule has 0 N–H and O–H groups in total. The zero-order valence-electron chi connectivity index (χ0n) is 25.8. The van der Waals surface area contributed by atoms with Crippen molar-refractivity contribution in [3.8, 4) is 0 Å². The summed E-state index contributed by atoms with van der Waals surface area (Å²) in [6.07, 6.45) is 7.04. The van der Waals surface area contributed by atoms with Gasteiger partial charge in [-0.05, 0) is 75.6 Å². The fourth-order valence-electron chi connectivity index (χ4n) is 3.29. The molecule has 0 amide bonds. The molecule has 240 valence electrons. The molecule has 0 aliphatic carbocycles. The monoisotopic (exact) mass is 768 g/mol. The molecule has 2 atom stereocenters. The summed E-state index contributed by atoms with van der Waals surface area (Å²) in [5.41, 5.74) is 1.86. The first-order valence-corrected chi connectivity index (χ1v) is 16.7. The Morgan fingerprint density at radius 2 is 0.860 bits per heavy atom. The van der Waals surface area contributed by atoms with E-state index in [2.05, 4.69) is 13.8 Å². The van der Waals surface area contributed by atoms with Gasteiger partial charge in [-0.3, -0.25) is 0 Å². The van der Waals surface area contributed by atoms with Gasteiger partial charge >= 0.3 is 41.7 Å². The molecule has 0 aliphatic heterocycles. The number of unbranched alkanes of at least 4 members (excludes halogenated alkanes) is 2. The Kier molecular flexibility index (Phi) is 26.6. The van der Waals surface area contributed by atoms with Crippen LogP contribution in [0.5, 0.6) is 0 Å². The van der Waals surface area contributed by atoms with Crippen LogP contribution in [-0.4, -0.2) is 37.9 Å². The maximum Gasteiger partial charge on any atom is 4.00 e. The Labute approximate surface area is 291 Å². The van der Waals surface area contributed by atoms with Gasteiger partial charge in [-0.25, -0.2) is 16.8 Å². The normalized spacial score (nSPS) is 11.9. The number of aryl methyl sites for hydroxylation is 2. The van der Waals surface area contributed by atoms with Crippen LogP contribution in [0, 0.1) is 67.4 Å². The number of hydrogen-bond donors (Lipinski definition) is 0. The van der Waals surface area contributed by atoms with E-state index in [4.69, 9.17) is 0 Å². The number of carboxylic acid groups (broad SMARTS) is 2. The van der Waals surface area contributed by atoms with E-state index in [1.165, 1.54) is 24.3 Å². The van der Waals surface area contributed by atoms with E-state index in [0.29, 0.717) is 12.8 Å². The number of carbonyl (C=O) groups is 2. The molecule has 0 saturated carbocycles. The second-order valence-electron chi connectivity index (χ2n) is 9.67. The van der Waals surface area contributed by atoms with E-state index in [1.807, 2.05) is 27.7 Å².